The molecule has 3 aromatic rings. The number of carbonyl (C=O) groups excluding carboxylic acids is 1. The zero-order chi connectivity index (χ0) is 16.7. The Morgan fingerprint density at radius 3 is 2.50 bits per heavy atom. The van der Waals surface area contributed by atoms with E-state index in [1.165, 1.54) is 0 Å². The van der Waals surface area contributed by atoms with Crippen molar-refractivity contribution in [2.45, 2.75) is 12.8 Å². The number of aryl methyl sites for hydroxylation is 1. The highest BCUT2D eigenvalue weighted by Gasteiger charge is 2.22. The number of nitrogens with zero attached hydrogens (tertiary/aromatic N) is 2. The second kappa shape index (κ2) is 5.64. The molecular formula is C20H18N2O2. The quantitative estimate of drug-likeness (QED) is 0.727. The van der Waals surface area contributed by atoms with E-state index < -0.39 is 0 Å². The summed E-state index contributed by atoms with van der Waals surface area (Å²) < 4.78 is 1.62. The Hall–Kier alpha value is -2.88. The number of fused-ring (bicyclic) bond motifs is 1. The smallest absolute Gasteiger partial charge is 0.258 e. The fourth-order valence-corrected chi connectivity index (χ4v) is 3.41. The number of hydrogen-bond acceptors (Lipinski definition) is 2. The molecule has 0 atom stereocenters. The Morgan fingerprint density at radius 2 is 1.75 bits per heavy atom. The molecule has 0 N–H and O–H groups in total. The van der Waals surface area contributed by atoms with E-state index in [1.807, 2.05) is 59.6 Å². The highest BCUT2D eigenvalue weighted by Crippen LogP contribution is 2.30. The van der Waals surface area contributed by atoms with Gasteiger partial charge in [-0.2, -0.15) is 0 Å². The summed E-state index contributed by atoms with van der Waals surface area (Å²) >= 11 is 0. The standard InChI is InChI=1S/C20H18N2O2/c1-21-13-18(16-8-2-3-9-17(16)20(21)24)14-6-4-7-15(12-14)22-11-5-10-19(22)23/h2-4,6-9,12-13H,5,10-11H2,1H3. The summed E-state index contributed by atoms with van der Waals surface area (Å²) in [4.78, 5) is 26.2. The predicted molar refractivity (Wildman–Crippen MR) is 96.2 cm³/mol. The predicted octanol–water partition coefficient (Wildman–Crippen LogP) is 3.33. The van der Waals surface area contributed by atoms with Crippen molar-refractivity contribution in [3.63, 3.8) is 0 Å². The largest absolute Gasteiger partial charge is 0.317 e. The van der Waals surface area contributed by atoms with E-state index in [0.29, 0.717) is 11.8 Å². The number of anilines is 1. The van der Waals surface area contributed by atoms with Crippen LogP contribution < -0.4 is 10.5 Å². The van der Waals surface area contributed by atoms with Gasteiger partial charge in [0.1, 0.15) is 0 Å². The minimum absolute atomic E-state index is 0.000209. The second-order valence-electron chi connectivity index (χ2n) is 6.20. The van der Waals surface area contributed by atoms with E-state index in [-0.39, 0.29) is 11.5 Å². The van der Waals surface area contributed by atoms with Gasteiger partial charge in [-0.1, -0.05) is 30.3 Å². The maximum Gasteiger partial charge on any atom is 0.258 e. The van der Waals surface area contributed by atoms with Gasteiger partial charge in [-0.25, -0.2) is 0 Å². The average Bonchev–Trinajstić information content (AvgIpc) is 3.04. The van der Waals surface area contributed by atoms with Crippen LogP contribution in [0.15, 0.2) is 59.5 Å². The fraction of sp³-hybridized carbons (Fsp3) is 0.200. The molecule has 1 saturated heterocycles. The lowest BCUT2D eigenvalue weighted by molar-refractivity contribution is -0.117. The zero-order valence-electron chi connectivity index (χ0n) is 13.5. The molecule has 0 bridgehead atoms. The van der Waals surface area contributed by atoms with Gasteiger partial charge in [-0.15, -0.1) is 0 Å². The summed E-state index contributed by atoms with van der Waals surface area (Å²) in [6, 6.07) is 15.7. The zero-order valence-corrected chi connectivity index (χ0v) is 13.5. The van der Waals surface area contributed by atoms with Crippen molar-refractivity contribution in [3.8, 4) is 11.1 Å². The molecule has 1 amide bonds. The van der Waals surface area contributed by atoms with E-state index in [0.717, 1.165) is 35.2 Å². The molecule has 24 heavy (non-hydrogen) atoms. The topological polar surface area (TPSA) is 42.3 Å². The summed E-state index contributed by atoms with van der Waals surface area (Å²) in [5.74, 6) is 0.178. The van der Waals surface area contributed by atoms with E-state index in [4.69, 9.17) is 0 Å². The highest BCUT2D eigenvalue weighted by atomic mass is 16.2. The number of pyridine rings is 1. The summed E-state index contributed by atoms with van der Waals surface area (Å²) in [7, 11) is 1.77. The van der Waals surface area contributed by atoms with Gasteiger partial charge < -0.3 is 9.47 Å². The Bertz CT molecular complexity index is 1000. The van der Waals surface area contributed by atoms with Gasteiger partial charge in [0.25, 0.3) is 5.56 Å². The first-order chi connectivity index (χ1) is 11.6. The van der Waals surface area contributed by atoms with E-state index in [2.05, 4.69) is 0 Å². The molecule has 1 aliphatic heterocycles. The Kier molecular flexibility index (Phi) is 3.45. The minimum Gasteiger partial charge on any atom is -0.317 e. The van der Waals surface area contributed by atoms with Crippen LogP contribution in [0.3, 0.4) is 0 Å². The van der Waals surface area contributed by atoms with Gasteiger partial charge in [0.05, 0.1) is 0 Å². The maximum absolute atomic E-state index is 12.3. The van der Waals surface area contributed by atoms with Crippen LogP contribution in [0, 0.1) is 0 Å². The lowest BCUT2D eigenvalue weighted by atomic mass is 10.00. The summed E-state index contributed by atoms with van der Waals surface area (Å²) in [5.41, 5.74) is 2.94. The monoisotopic (exact) mass is 318 g/mol. The van der Waals surface area contributed by atoms with Crippen molar-refractivity contribution in [1.82, 2.24) is 4.57 Å². The maximum atomic E-state index is 12.3. The van der Waals surface area contributed by atoms with Crippen molar-refractivity contribution in [1.29, 1.82) is 0 Å². The van der Waals surface area contributed by atoms with E-state index >= 15 is 0 Å². The Balaban J connectivity index is 1.91. The van der Waals surface area contributed by atoms with Crippen molar-refractivity contribution in [2.75, 3.05) is 11.4 Å². The van der Waals surface area contributed by atoms with Crippen molar-refractivity contribution < 1.29 is 4.79 Å². The molecule has 0 radical (unpaired) electrons. The van der Waals surface area contributed by atoms with Crippen LogP contribution in [-0.4, -0.2) is 17.0 Å². The highest BCUT2D eigenvalue weighted by molar-refractivity contribution is 5.98. The molecule has 4 heteroatoms. The third-order valence-electron chi connectivity index (χ3n) is 4.63. The van der Waals surface area contributed by atoms with Gasteiger partial charge in [-0.3, -0.25) is 9.59 Å². The molecule has 120 valence electrons. The summed E-state index contributed by atoms with van der Waals surface area (Å²) in [6.07, 6.45) is 3.40. The van der Waals surface area contributed by atoms with Crippen molar-refractivity contribution in [2.24, 2.45) is 7.05 Å². The minimum atomic E-state index is 0.000209. The number of amides is 1. The molecule has 0 unspecified atom stereocenters. The van der Waals surface area contributed by atoms with Crippen LogP contribution in [-0.2, 0) is 11.8 Å². The third kappa shape index (κ3) is 2.31. The molecular weight excluding hydrogens is 300 g/mol. The van der Waals surface area contributed by atoms with E-state index in [9.17, 15) is 9.59 Å². The first kappa shape index (κ1) is 14.7. The van der Waals surface area contributed by atoms with Crippen LogP contribution >= 0.6 is 0 Å². The van der Waals surface area contributed by atoms with Crippen LogP contribution in [0.25, 0.3) is 21.9 Å². The lowest BCUT2D eigenvalue weighted by Gasteiger charge is -2.17. The number of benzene rings is 2. The summed E-state index contributed by atoms with van der Waals surface area (Å²) in [5, 5.41) is 1.64. The number of rotatable bonds is 2. The first-order valence-corrected chi connectivity index (χ1v) is 8.14. The van der Waals surface area contributed by atoms with Crippen LogP contribution in [0.2, 0.25) is 0 Å². The molecule has 0 aliphatic carbocycles. The lowest BCUT2D eigenvalue weighted by Crippen LogP contribution is -2.23. The second-order valence-corrected chi connectivity index (χ2v) is 6.20. The van der Waals surface area contributed by atoms with Crippen LogP contribution in [0.5, 0.6) is 0 Å². The van der Waals surface area contributed by atoms with Crippen LogP contribution in [0.4, 0.5) is 5.69 Å². The van der Waals surface area contributed by atoms with Gasteiger partial charge in [-0.05, 0) is 35.6 Å². The molecule has 4 rings (SSSR count). The summed E-state index contributed by atoms with van der Waals surface area (Å²) in [6.45, 7) is 0.774. The number of aromatic nitrogens is 1. The first-order valence-electron chi connectivity index (χ1n) is 8.14. The molecule has 0 saturated carbocycles. The Morgan fingerprint density at radius 1 is 0.958 bits per heavy atom. The van der Waals surface area contributed by atoms with Crippen molar-refractivity contribution in [3.05, 3.63) is 65.1 Å². The molecule has 1 aromatic heterocycles. The molecule has 2 aromatic carbocycles. The Labute approximate surface area is 140 Å². The van der Waals surface area contributed by atoms with E-state index in [1.54, 1.807) is 11.6 Å². The number of carbonyl (C=O) groups is 1. The molecule has 2 heterocycles. The van der Waals surface area contributed by atoms with Gasteiger partial charge >= 0.3 is 0 Å². The molecule has 1 fully saturated rings. The van der Waals surface area contributed by atoms with Gasteiger partial charge in [0, 0.05) is 42.8 Å². The van der Waals surface area contributed by atoms with Gasteiger partial charge in [0.15, 0.2) is 0 Å². The normalized spacial score (nSPS) is 14.5. The van der Waals surface area contributed by atoms with Gasteiger partial charge in [0.2, 0.25) is 5.91 Å². The molecule has 4 nitrogen and oxygen atoms in total. The van der Waals surface area contributed by atoms with Crippen molar-refractivity contribution >= 4 is 22.4 Å². The third-order valence-corrected chi connectivity index (χ3v) is 4.63. The van der Waals surface area contributed by atoms with Crippen LogP contribution in [0.1, 0.15) is 12.8 Å². The molecule has 0 spiro atoms. The fourth-order valence-electron chi connectivity index (χ4n) is 3.41. The number of hydrogen-bond donors (Lipinski definition) is 0. The molecule has 1 aliphatic rings. The average molecular weight is 318 g/mol. The SMILES string of the molecule is Cn1cc(-c2cccc(N3CCCC3=O)c2)c2ccccc2c1=O.